The van der Waals surface area contributed by atoms with Crippen molar-refractivity contribution >= 4 is 33.8 Å². The Bertz CT molecular complexity index is 621. The molecule has 28 heavy (non-hydrogen) atoms. The van der Waals surface area contributed by atoms with E-state index >= 15 is 0 Å². The molecular formula is C19H31N3O4S2. The fourth-order valence-corrected chi connectivity index (χ4v) is 3.72. The molecule has 0 saturated heterocycles. The lowest BCUT2D eigenvalue weighted by Crippen LogP contribution is -2.40. The zero-order valence-corrected chi connectivity index (χ0v) is 18.9. The molecule has 0 saturated carbocycles. The lowest BCUT2D eigenvalue weighted by atomic mass is 10.2. The van der Waals surface area contributed by atoms with Crippen molar-refractivity contribution in [1.82, 2.24) is 9.80 Å². The van der Waals surface area contributed by atoms with Gasteiger partial charge >= 0.3 is 12.2 Å². The summed E-state index contributed by atoms with van der Waals surface area (Å²) in [4.78, 5) is 28.1. The van der Waals surface area contributed by atoms with Gasteiger partial charge in [-0.25, -0.2) is 9.59 Å². The number of nitrogens with two attached hydrogens (primary N) is 1. The molecule has 0 aliphatic carbocycles. The average Bonchev–Trinajstić information content (AvgIpc) is 2.63. The Hall–Kier alpha value is -1.58. The molecule has 1 aromatic rings. The number of hydrogen-bond acceptors (Lipinski definition) is 7. The van der Waals surface area contributed by atoms with Crippen LogP contribution in [-0.2, 0) is 16.1 Å². The zero-order valence-electron chi connectivity index (χ0n) is 17.3. The molecule has 0 bridgehead atoms. The molecule has 0 aromatic heterocycles. The summed E-state index contributed by atoms with van der Waals surface area (Å²) in [6.45, 7) is 7.00. The predicted octanol–water partition coefficient (Wildman–Crippen LogP) is 3.82. The first-order chi connectivity index (χ1) is 13.1. The van der Waals surface area contributed by atoms with E-state index in [0.717, 1.165) is 16.2 Å². The van der Waals surface area contributed by atoms with Gasteiger partial charge in [0.15, 0.2) is 0 Å². The van der Waals surface area contributed by atoms with Crippen molar-refractivity contribution in [2.75, 3.05) is 39.5 Å². The van der Waals surface area contributed by atoms with Crippen molar-refractivity contribution in [3.8, 4) is 0 Å². The molecule has 1 rings (SSSR count). The Labute approximate surface area is 175 Å². The maximum absolute atomic E-state index is 12.1. The van der Waals surface area contributed by atoms with Gasteiger partial charge in [0, 0.05) is 44.4 Å². The Morgan fingerprint density at radius 3 is 2.14 bits per heavy atom. The fraction of sp³-hybridized carbons (Fsp3) is 0.579. The molecule has 2 amide bonds. The fourth-order valence-electron chi connectivity index (χ4n) is 1.88. The maximum Gasteiger partial charge on any atom is 0.410 e. The molecule has 7 nitrogen and oxygen atoms in total. The second kappa shape index (κ2) is 12.1. The summed E-state index contributed by atoms with van der Waals surface area (Å²) in [6, 6.07) is 7.87. The van der Waals surface area contributed by atoms with Gasteiger partial charge in [0.2, 0.25) is 0 Å². The van der Waals surface area contributed by atoms with Crippen LogP contribution in [0.1, 0.15) is 26.3 Å². The number of nitrogens with zero attached hydrogens (tertiary/aromatic N) is 2. The molecule has 0 spiro atoms. The molecule has 9 heteroatoms. The highest BCUT2D eigenvalue weighted by Crippen LogP contribution is 2.30. The predicted molar refractivity (Wildman–Crippen MR) is 115 cm³/mol. The minimum Gasteiger partial charge on any atom is -0.445 e. The van der Waals surface area contributed by atoms with Crippen LogP contribution in [0.4, 0.5) is 9.59 Å². The van der Waals surface area contributed by atoms with Gasteiger partial charge in [-0.05, 0) is 38.5 Å². The minimum atomic E-state index is -0.548. The van der Waals surface area contributed by atoms with Crippen LogP contribution >= 0.6 is 21.6 Å². The molecule has 0 aliphatic rings. The van der Waals surface area contributed by atoms with E-state index < -0.39 is 17.8 Å². The summed E-state index contributed by atoms with van der Waals surface area (Å²) in [5, 5.41) is 0. The van der Waals surface area contributed by atoms with Gasteiger partial charge in [0.25, 0.3) is 0 Å². The molecule has 1 aromatic carbocycles. The third kappa shape index (κ3) is 10.1. The number of carbonyl (C=O) groups is 2. The van der Waals surface area contributed by atoms with Gasteiger partial charge in [-0.1, -0.05) is 33.7 Å². The SMILES string of the molecule is CN(CCN(C)C(=O)OC(C)(C)C)C(=O)OCc1ccc(SSCCN)cc1. The number of benzene rings is 1. The standard InChI is InChI=1S/C19H31N3O4S2/c1-19(2,3)26-18(24)22(5)12-11-21(4)17(23)25-14-15-6-8-16(9-7-15)28-27-13-10-20/h6-9H,10-14,20H2,1-5H3. The number of rotatable bonds is 9. The van der Waals surface area contributed by atoms with Crippen LogP contribution in [0, 0.1) is 0 Å². The van der Waals surface area contributed by atoms with Crippen molar-refractivity contribution in [2.24, 2.45) is 5.73 Å². The van der Waals surface area contributed by atoms with E-state index in [4.69, 9.17) is 15.2 Å². The summed E-state index contributed by atoms with van der Waals surface area (Å²) in [6.07, 6.45) is -0.855. The Morgan fingerprint density at radius 1 is 1.04 bits per heavy atom. The molecule has 0 aliphatic heterocycles. The number of ether oxygens (including phenoxy) is 2. The van der Waals surface area contributed by atoms with Gasteiger partial charge in [0.05, 0.1) is 0 Å². The van der Waals surface area contributed by atoms with Crippen LogP contribution in [0.15, 0.2) is 29.2 Å². The average molecular weight is 430 g/mol. The Morgan fingerprint density at radius 2 is 1.61 bits per heavy atom. The van der Waals surface area contributed by atoms with Gasteiger partial charge in [-0.15, -0.1) is 0 Å². The quantitative estimate of drug-likeness (QED) is 0.472. The molecule has 0 atom stereocenters. The van der Waals surface area contributed by atoms with E-state index in [2.05, 4.69) is 0 Å². The van der Waals surface area contributed by atoms with Crippen molar-refractivity contribution in [2.45, 2.75) is 37.9 Å². The van der Waals surface area contributed by atoms with Gasteiger partial charge < -0.3 is 25.0 Å². The monoisotopic (exact) mass is 429 g/mol. The van der Waals surface area contributed by atoms with E-state index in [1.54, 1.807) is 35.7 Å². The zero-order chi connectivity index (χ0) is 21.2. The van der Waals surface area contributed by atoms with Crippen molar-refractivity contribution in [3.63, 3.8) is 0 Å². The molecular weight excluding hydrogens is 398 g/mol. The molecule has 0 radical (unpaired) electrons. The normalized spacial score (nSPS) is 11.1. The number of amides is 2. The van der Waals surface area contributed by atoms with E-state index in [1.807, 2.05) is 45.0 Å². The lowest BCUT2D eigenvalue weighted by molar-refractivity contribution is 0.0281. The summed E-state index contributed by atoms with van der Waals surface area (Å²) >= 11 is 0. The van der Waals surface area contributed by atoms with Crippen LogP contribution in [0.5, 0.6) is 0 Å². The summed E-state index contributed by atoms with van der Waals surface area (Å²) < 4.78 is 10.6. The number of hydrogen-bond donors (Lipinski definition) is 1. The van der Waals surface area contributed by atoms with E-state index in [1.165, 1.54) is 9.80 Å². The van der Waals surface area contributed by atoms with E-state index in [-0.39, 0.29) is 6.61 Å². The second-order valence-electron chi connectivity index (χ2n) is 7.22. The topological polar surface area (TPSA) is 85.1 Å². The first-order valence-electron chi connectivity index (χ1n) is 9.03. The number of carbonyl (C=O) groups excluding carboxylic acids is 2. The first-order valence-corrected chi connectivity index (χ1v) is 11.3. The molecule has 0 heterocycles. The lowest BCUT2D eigenvalue weighted by Gasteiger charge is -2.26. The Kier molecular flexibility index (Phi) is 10.6. The molecule has 2 N–H and O–H groups in total. The highest BCUT2D eigenvalue weighted by Gasteiger charge is 2.20. The highest BCUT2D eigenvalue weighted by atomic mass is 33.1. The second-order valence-corrected chi connectivity index (χ2v) is 9.71. The maximum atomic E-state index is 12.1. The van der Waals surface area contributed by atoms with Crippen LogP contribution in [0.25, 0.3) is 0 Å². The Balaban J connectivity index is 2.35. The van der Waals surface area contributed by atoms with Crippen molar-refractivity contribution in [1.29, 1.82) is 0 Å². The number of likely N-dealkylation sites (N-methyl/N-ethyl adjacent to an activating group) is 2. The van der Waals surface area contributed by atoms with Gasteiger partial charge in [0.1, 0.15) is 12.2 Å². The van der Waals surface area contributed by atoms with Gasteiger partial charge in [-0.3, -0.25) is 0 Å². The summed E-state index contributed by atoms with van der Waals surface area (Å²) in [7, 11) is 6.66. The third-order valence-electron chi connectivity index (χ3n) is 3.43. The van der Waals surface area contributed by atoms with Crippen molar-refractivity contribution in [3.05, 3.63) is 29.8 Å². The van der Waals surface area contributed by atoms with Crippen LogP contribution in [0.2, 0.25) is 0 Å². The molecule has 0 fully saturated rings. The molecule has 0 unspecified atom stereocenters. The summed E-state index contributed by atoms with van der Waals surface area (Å²) in [5.74, 6) is 0.902. The van der Waals surface area contributed by atoms with Crippen LogP contribution < -0.4 is 5.73 Å². The van der Waals surface area contributed by atoms with Gasteiger partial charge in [-0.2, -0.15) is 0 Å². The third-order valence-corrected chi connectivity index (χ3v) is 5.85. The van der Waals surface area contributed by atoms with Crippen LogP contribution in [-0.4, -0.2) is 67.1 Å². The van der Waals surface area contributed by atoms with E-state index in [9.17, 15) is 9.59 Å². The first kappa shape index (κ1) is 24.5. The minimum absolute atomic E-state index is 0.200. The van der Waals surface area contributed by atoms with E-state index in [0.29, 0.717) is 19.6 Å². The highest BCUT2D eigenvalue weighted by molar-refractivity contribution is 8.76. The summed E-state index contributed by atoms with van der Waals surface area (Å²) in [5.41, 5.74) is 5.84. The van der Waals surface area contributed by atoms with Crippen LogP contribution in [0.3, 0.4) is 0 Å². The molecule has 158 valence electrons. The largest absolute Gasteiger partial charge is 0.445 e. The smallest absolute Gasteiger partial charge is 0.410 e. The van der Waals surface area contributed by atoms with Crippen molar-refractivity contribution < 1.29 is 19.1 Å².